The van der Waals surface area contributed by atoms with E-state index in [2.05, 4.69) is 22.1 Å². The average Bonchev–Trinajstić information content (AvgIpc) is 2.33. The van der Waals surface area contributed by atoms with E-state index < -0.39 is 0 Å². The lowest BCUT2D eigenvalue weighted by atomic mass is 10.1. The van der Waals surface area contributed by atoms with Gasteiger partial charge in [0.2, 0.25) is 0 Å². The fourth-order valence-electron chi connectivity index (χ4n) is 1.91. The summed E-state index contributed by atoms with van der Waals surface area (Å²) in [5.74, 6) is 0.106. The van der Waals surface area contributed by atoms with Gasteiger partial charge in [-0.2, -0.15) is 0 Å². The molecule has 0 aromatic carbocycles. The van der Waals surface area contributed by atoms with Crippen molar-refractivity contribution in [3.05, 3.63) is 30.1 Å². The van der Waals surface area contributed by atoms with E-state index in [1.807, 2.05) is 12.1 Å². The summed E-state index contributed by atoms with van der Waals surface area (Å²) >= 11 is 0. The van der Waals surface area contributed by atoms with E-state index in [4.69, 9.17) is 0 Å². The van der Waals surface area contributed by atoms with Crippen LogP contribution >= 0.6 is 12.4 Å². The molecule has 0 spiro atoms. The second-order valence-electron chi connectivity index (χ2n) is 4.16. The lowest BCUT2D eigenvalue weighted by Gasteiger charge is -2.33. The lowest BCUT2D eigenvalue weighted by Crippen LogP contribution is -2.51. The number of hydrogen-bond donors (Lipinski definition) is 1. The molecule has 0 amide bonds. The Morgan fingerprint density at radius 2 is 2.41 bits per heavy atom. The van der Waals surface area contributed by atoms with Crippen molar-refractivity contribution < 1.29 is 4.79 Å². The summed E-state index contributed by atoms with van der Waals surface area (Å²) in [7, 11) is 0. The van der Waals surface area contributed by atoms with Gasteiger partial charge in [-0.05, 0) is 19.1 Å². The Hall–Kier alpha value is -0.970. The van der Waals surface area contributed by atoms with Crippen LogP contribution in [0, 0.1) is 0 Å². The minimum atomic E-state index is 0. The predicted octanol–water partition coefficient (Wildman–Crippen LogP) is 0.980. The van der Waals surface area contributed by atoms with Crippen LogP contribution in [0.5, 0.6) is 0 Å². The van der Waals surface area contributed by atoms with Crippen molar-refractivity contribution in [2.75, 3.05) is 26.2 Å². The van der Waals surface area contributed by atoms with E-state index in [0.29, 0.717) is 18.3 Å². The molecule has 1 atom stereocenters. The molecule has 94 valence electrons. The molecule has 1 aromatic rings. The summed E-state index contributed by atoms with van der Waals surface area (Å²) in [5.41, 5.74) is 0.563. The van der Waals surface area contributed by atoms with Gasteiger partial charge in [-0.1, -0.05) is 6.07 Å². The van der Waals surface area contributed by atoms with Crippen molar-refractivity contribution in [3.63, 3.8) is 0 Å². The zero-order valence-corrected chi connectivity index (χ0v) is 10.7. The number of pyridine rings is 1. The van der Waals surface area contributed by atoms with Crippen LogP contribution in [0.1, 0.15) is 17.4 Å². The quantitative estimate of drug-likeness (QED) is 0.818. The Bertz CT molecular complexity index is 358. The lowest BCUT2D eigenvalue weighted by molar-refractivity contribution is 0.0870. The number of aromatic nitrogens is 1. The molecule has 0 saturated carbocycles. The summed E-state index contributed by atoms with van der Waals surface area (Å²) in [6.45, 7) is 5.45. The first-order valence-corrected chi connectivity index (χ1v) is 5.66. The molecular weight excluding hydrogens is 238 g/mol. The van der Waals surface area contributed by atoms with Crippen LogP contribution in [0.25, 0.3) is 0 Å². The maximum absolute atomic E-state index is 11.9. The number of carbonyl (C=O) groups excluding carboxylic acids is 1. The SMILES string of the molecule is CC1CNCCN1CC(=O)c1ccccn1.Cl. The first-order chi connectivity index (χ1) is 7.77. The van der Waals surface area contributed by atoms with Crippen molar-refractivity contribution >= 4 is 18.2 Å². The molecule has 5 heteroatoms. The molecule has 17 heavy (non-hydrogen) atoms. The first kappa shape index (κ1) is 14.1. The average molecular weight is 256 g/mol. The number of rotatable bonds is 3. The van der Waals surface area contributed by atoms with Crippen molar-refractivity contribution in [1.29, 1.82) is 0 Å². The van der Waals surface area contributed by atoms with Gasteiger partial charge in [-0.25, -0.2) is 0 Å². The van der Waals surface area contributed by atoms with Crippen molar-refractivity contribution in [2.45, 2.75) is 13.0 Å². The number of halogens is 1. The van der Waals surface area contributed by atoms with Gasteiger partial charge in [-0.3, -0.25) is 14.7 Å². The molecule has 0 aliphatic carbocycles. The van der Waals surface area contributed by atoms with Gasteiger partial charge in [0.1, 0.15) is 5.69 Å². The maximum atomic E-state index is 11.9. The van der Waals surface area contributed by atoms with E-state index >= 15 is 0 Å². The molecular formula is C12H18ClN3O. The second kappa shape index (κ2) is 6.69. The zero-order chi connectivity index (χ0) is 11.4. The molecule has 1 fully saturated rings. The molecule has 0 bridgehead atoms. The van der Waals surface area contributed by atoms with E-state index in [-0.39, 0.29) is 18.2 Å². The molecule has 1 saturated heterocycles. The van der Waals surface area contributed by atoms with Crippen LogP contribution in [0.15, 0.2) is 24.4 Å². The molecule has 2 rings (SSSR count). The van der Waals surface area contributed by atoms with Crippen LogP contribution in [-0.4, -0.2) is 47.9 Å². The third kappa shape index (κ3) is 3.77. The third-order valence-corrected chi connectivity index (χ3v) is 2.94. The number of nitrogens with zero attached hydrogens (tertiary/aromatic N) is 2. The van der Waals surface area contributed by atoms with Crippen LogP contribution < -0.4 is 5.32 Å². The van der Waals surface area contributed by atoms with Crippen LogP contribution in [0.4, 0.5) is 0 Å². The zero-order valence-electron chi connectivity index (χ0n) is 9.93. The fourth-order valence-corrected chi connectivity index (χ4v) is 1.91. The molecule has 1 aliphatic heterocycles. The Labute approximate surface area is 108 Å². The highest BCUT2D eigenvalue weighted by Gasteiger charge is 2.20. The Balaban J connectivity index is 0.00000144. The van der Waals surface area contributed by atoms with Gasteiger partial charge >= 0.3 is 0 Å². The summed E-state index contributed by atoms with van der Waals surface area (Å²) in [5, 5.41) is 3.31. The molecule has 2 heterocycles. The highest BCUT2D eigenvalue weighted by Crippen LogP contribution is 2.04. The first-order valence-electron chi connectivity index (χ1n) is 5.66. The largest absolute Gasteiger partial charge is 0.314 e. The highest BCUT2D eigenvalue weighted by molar-refractivity contribution is 5.95. The fraction of sp³-hybridized carbons (Fsp3) is 0.500. The smallest absolute Gasteiger partial charge is 0.195 e. The summed E-state index contributed by atoms with van der Waals surface area (Å²) in [6.07, 6.45) is 1.66. The van der Waals surface area contributed by atoms with Crippen LogP contribution in [0.2, 0.25) is 0 Å². The summed E-state index contributed by atoms with van der Waals surface area (Å²) in [6, 6.07) is 5.86. The Morgan fingerprint density at radius 1 is 1.59 bits per heavy atom. The number of carbonyl (C=O) groups is 1. The number of nitrogens with one attached hydrogen (secondary N) is 1. The van der Waals surface area contributed by atoms with Crippen molar-refractivity contribution in [2.24, 2.45) is 0 Å². The minimum Gasteiger partial charge on any atom is -0.314 e. The van der Waals surface area contributed by atoms with Gasteiger partial charge in [0, 0.05) is 31.9 Å². The number of ketones is 1. The molecule has 4 nitrogen and oxygen atoms in total. The third-order valence-electron chi connectivity index (χ3n) is 2.94. The second-order valence-corrected chi connectivity index (χ2v) is 4.16. The van der Waals surface area contributed by atoms with Gasteiger partial charge < -0.3 is 5.32 Å². The normalized spacial score (nSPS) is 20.6. The standard InChI is InChI=1S/C12H17N3O.ClH/c1-10-8-13-6-7-15(10)9-12(16)11-4-2-3-5-14-11;/h2-5,10,13H,6-9H2,1H3;1H. The monoisotopic (exact) mass is 255 g/mol. The Kier molecular flexibility index (Phi) is 5.55. The predicted molar refractivity (Wildman–Crippen MR) is 69.7 cm³/mol. The van der Waals surface area contributed by atoms with Gasteiger partial charge in [-0.15, -0.1) is 12.4 Å². The van der Waals surface area contributed by atoms with Crippen LogP contribution in [0.3, 0.4) is 0 Å². The molecule has 1 aromatic heterocycles. The minimum absolute atomic E-state index is 0. The summed E-state index contributed by atoms with van der Waals surface area (Å²) < 4.78 is 0. The van der Waals surface area contributed by atoms with Gasteiger partial charge in [0.25, 0.3) is 0 Å². The van der Waals surface area contributed by atoms with Crippen LogP contribution in [-0.2, 0) is 0 Å². The van der Waals surface area contributed by atoms with E-state index in [1.165, 1.54) is 0 Å². The van der Waals surface area contributed by atoms with Crippen molar-refractivity contribution in [1.82, 2.24) is 15.2 Å². The molecule has 1 unspecified atom stereocenters. The number of Topliss-reactive ketones (excluding diaryl/α,β-unsaturated/α-hetero) is 1. The Morgan fingerprint density at radius 3 is 3.06 bits per heavy atom. The van der Waals surface area contributed by atoms with Crippen molar-refractivity contribution in [3.8, 4) is 0 Å². The topological polar surface area (TPSA) is 45.2 Å². The van der Waals surface area contributed by atoms with E-state index in [1.54, 1.807) is 12.3 Å². The van der Waals surface area contributed by atoms with E-state index in [9.17, 15) is 4.79 Å². The maximum Gasteiger partial charge on any atom is 0.195 e. The molecule has 1 N–H and O–H groups in total. The number of piperazine rings is 1. The van der Waals surface area contributed by atoms with Gasteiger partial charge in [0.05, 0.1) is 6.54 Å². The van der Waals surface area contributed by atoms with E-state index in [0.717, 1.165) is 19.6 Å². The number of hydrogen-bond acceptors (Lipinski definition) is 4. The van der Waals surface area contributed by atoms with Gasteiger partial charge in [0.15, 0.2) is 5.78 Å². The summed E-state index contributed by atoms with van der Waals surface area (Å²) in [4.78, 5) is 18.2. The molecule has 1 aliphatic rings. The highest BCUT2D eigenvalue weighted by atomic mass is 35.5. The molecule has 0 radical (unpaired) electrons.